The van der Waals surface area contributed by atoms with Gasteiger partial charge in [0.1, 0.15) is 5.82 Å². The van der Waals surface area contributed by atoms with Gasteiger partial charge in [0, 0.05) is 17.5 Å². The maximum atomic E-state index is 13.4. The number of nitrogens with zero attached hydrogens (tertiary/aromatic N) is 2. The van der Waals surface area contributed by atoms with Crippen LogP contribution in [0.2, 0.25) is 0 Å². The Morgan fingerprint density at radius 1 is 1.18 bits per heavy atom. The number of amides is 1. The van der Waals surface area contributed by atoms with E-state index in [2.05, 4.69) is 23.4 Å². The lowest BCUT2D eigenvalue weighted by molar-refractivity contribution is -0.167. The average Bonchev–Trinajstić information content (AvgIpc) is 3.42. The maximum absolute atomic E-state index is 13.4. The van der Waals surface area contributed by atoms with Gasteiger partial charge < -0.3 is 10.4 Å². The van der Waals surface area contributed by atoms with Crippen LogP contribution in [0.5, 0.6) is 0 Å². The molecule has 5 nitrogen and oxygen atoms in total. The molecule has 1 saturated carbocycles. The van der Waals surface area contributed by atoms with Gasteiger partial charge in [-0.15, -0.1) is 0 Å². The third kappa shape index (κ3) is 5.00. The Morgan fingerprint density at radius 3 is 2.62 bits per heavy atom. The highest BCUT2D eigenvalue weighted by Crippen LogP contribution is 2.56. The first kappa shape index (κ1) is 27.1. The molecule has 2 aromatic carbocycles. The Hall–Kier alpha value is -3.46. The minimum Gasteiger partial charge on any atom is -0.389 e. The molecule has 1 amide bonds. The van der Waals surface area contributed by atoms with Crippen LogP contribution in [-0.2, 0) is 12.8 Å². The number of halogens is 4. The van der Waals surface area contributed by atoms with Gasteiger partial charge in [0.15, 0.2) is 0 Å². The van der Waals surface area contributed by atoms with E-state index < -0.39 is 35.6 Å². The van der Waals surface area contributed by atoms with Gasteiger partial charge in [-0.05, 0) is 79.6 Å². The Bertz CT molecular complexity index is 1410. The number of hydrogen-bond acceptors (Lipinski definition) is 3. The Kier molecular flexibility index (Phi) is 6.91. The molecule has 3 aromatic rings. The second-order valence-electron chi connectivity index (χ2n) is 11.0. The summed E-state index contributed by atoms with van der Waals surface area (Å²) in [6, 6.07) is 13.0. The van der Waals surface area contributed by atoms with Crippen LogP contribution in [0.1, 0.15) is 60.3 Å². The van der Waals surface area contributed by atoms with Crippen LogP contribution in [0.15, 0.2) is 60.3 Å². The number of aromatic nitrogens is 2. The number of carbonyl (C=O) groups excluding carboxylic acids is 1. The van der Waals surface area contributed by atoms with E-state index in [0.29, 0.717) is 43.2 Å². The molecule has 2 N–H and O–H groups in total. The summed E-state index contributed by atoms with van der Waals surface area (Å²) in [7, 11) is 0. The predicted octanol–water partition coefficient (Wildman–Crippen LogP) is 6.04. The summed E-state index contributed by atoms with van der Waals surface area (Å²) >= 11 is 0. The van der Waals surface area contributed by atoms with E-state index >= 15 is 0 Å². The van der Waals surface area contributed by atoms with Crippen LogP contribution in [0.25, 0.3) is 11.8 Å². The minimum absolute atomic E-state index is 0.318. The third-order valence-electron chi connectivity index (χ3n) is 8.55. The Labute approximate surface area is 224 Å². The second kappa shape index (κ2) is 9.93. The van der Waals surface area contributed by atoms with Crippen molar-refractivity contribution in [3.63, 3.8) is 0 Å². The molecule has 3 atom stereocenters. The Morgan fingerprint density at radius 2 is 1.90 bits per heavy atom. The molecular weight excluding hydrogens is 510 g/mol. The number of hydrogen-bond donors (Lipinski definition) is 2. The van der Waals surface area contributed by atoms with Crippen LogP contribution in [-0.4, -0.2) is 39.1 Å². The zero-order valence-electron chi connectivity index (χ0n) is 21.9. The molecule has 0 bridgehead atoms. The van der Waals surface area contributed by atoms with Crippen LogP contribution in [0, 0.1) is 17.2 Å². The van der Waals surface area contributed by atoms with Crippen LogP contribution < -0.4 is 5.32 Å². The minimum atomic E-state index is -4.38. The first-order chi connectivity index (χ1) is 18.4. The normalized spacial score (nSPS) is 23.1. The third-order valence-corrected chi connectivity index (χ3v) is 8.55. The van der Waals surface area contributed by atoms with E-state index in [9.17, 15) is 27.5 Å². The molecule has 1 heterocycles. The number of alkyl halides is 3. The van der Waals surface area contributed by atoms with Gasteiger partial charge >= 0.3 is 6.18 Å². The molecule has 9 heteroatoms. The summed E-state index contributed by atoms with van der Waals surface area (Å²) in [6.07, 6.45) is 2.14. The molecular formula is C30H31F4N3O2. The smallest absolute Gasteiger partial charge is 0.389 e. The standard InChI is InChI=1S/C30H31F4N3O2/c1-19(30(32,33)34)17-35-27(38)25-6-4-3-5-20(25)11-13-29(39)14-12-22-15-26-21(16-28(22,29)2)18-36-37(26)24-9-7-23(31)8-10-24/h3-10,15,18-19,39H,11-14,16-17H2,1-2H3,(H,35,38). The number of aryl methyl sites for hydroxylation is 1. The first-order valence-electron chi connectivity index (χ1n) is 13.1. The molecule has 2 aliphatic rings. The number of rotatable bonds is 7. The van der Waals surface area contributed by atoms with Crippen molar-refractivity contribution in [1.29, 1.82) is 0 Å². The molecule has 0 radical (unpaired) electrons. The van der Waals surface area contributed by atoms with E-state index in [0.717, 1.165) is 29.4 Å². The zero-order chi connectivity index (χ0) is 28.0. The summed E-state index contributed by atoms with van der Waals surface area (Å²) in [4.78, 5) is 12.8. The van der Waals surface area contributed by atoms with Crippen molar-refractivity contribution in [1.82, 2.24) is 15.1 Å². The zero-order valence-corrected chi connectivity index (χ0v) is 21.9. The molecule has 0 saturated heterocycles. The van der Waals surface area contributed by atoms with Crippen molar-refractivity contribution in [3.05, 3.63) is 88.5 Å². The molecule has 0 spiro atoms. The SMILES string of the molecule is CC(CNC(=O)c1ccccc1CCC1(O)CCC2=Cc3c(cnn3-c3ccc(F)cc3)CC21C)C(F)(F)F. The second-order valence-corrected chi connectivity index (χ2v) is 11.0. The number of fused-ring (bicyclic) bond motifs is 2. The fraction of sp³-hybridized carbons (Fsp3) is 0.400. The van der Waals surface area contributed by atoms with Gasteiger partial charge in [-0.25, -0.2) is 9.07 Å². The average molecular weight is 542 g/mol. The van der Waals surface area contributed by atoms with Gasteiger partial charge in [-0.1, -0.05) is 37.6 Å². The van der Waals surface area contributed by atoms with E-state index in [4.69, 9.17) is 0 Å². The maximum Gasteiger partial charge on any atom is 0.393 e. The van der Waals surface area contributed by atoms with Crippen molar-refractivity contribution in [2.45, 2.75) is 57.7 Å². The molecule has 1 fully saturated rings. The van der Waals surface area contributed by atoms with Crippen molar-refractivity contribution >= 4 is 12.0 Å². The van der Waals surface area contributed by atoms with E-state index in [1.54, 1.807) is 47.3 Å². The molecule has 3 unspecified atom stereocenters. The summed E-state index contributed by atoms with van der Waals surface area (Å²) in [5.41, 5.74) is 3.22. The quantitative estimate of drug-likeness (QED) is 0.358. The Balaban J connectivity index is 1.33. The van der Waals surface area contributed by atoms with Crippen LogP contribution in [0.3, 0.4) is 0 Å². The predicted molar refractivity (Wildman–Crippen MR) is 140 cm³/mol. The fourth-order valence-electron chi connectivity index (χ4n) is 5.88. The number of carbonyl (C=O) groups is 1. The molecule has 39 heavy (non-hydrogen) atoms. The van der Waals surface area contributed by atoms with Crippen molar-refractivity contribution in [2.75, 3.05) is 6.54 Å². The lowest BCUT2D eigenvalue weighted by Gasteiger charge is -2.42. The van der Waals surface area contributed by atoms with Crippen molar-refractivity contribution < 1.29 is 27.5 Å². The molecule has 206 valence electrons. The highest BCUT2D eigenvalue weighted by atomic mass is 19.4. The molecule has 1 aromatic heterocycles. The van der Waals surface area contributed by atoms with Gasteiger partial charge in [0.05, 0.1) is 29.1 Å². The van der Waals surface area contributed by atoms with Gasteiger partial charge in [0.25, 0.3) is 5.91 Å². The molecule has 5 rings (SSSR count). The summed E-state index contributed by atoms with van der Waals surface area (Å²) in [6.45, 7) is 2.59. The van der Waals surface area contributed by atoms with E-state index in [1.807, 2.05) is 0 Å². The topological polar surface area (TPSA) is 67.2 Å². The van der Waals surface area contributed by atoms with Crippen LogP contribution in [0.4, 0.5) is 17.6 Å². The van der Waals surface area contributed by atoms with Gasteiger partial charge in [-0.3, -0.25) is 4.79 Å². The lowest BCUT2D eigenvalue weighted by Crippen LogP contribution is -2.45. The summed E-state index contributed by atoms with van der Waals surface area (Å²) in [5.74, 6) is -2.52. The monoisotopic (exact) mass is 541 g/mol. The number of aliphatic hydroxyl groups is 1. The fourth-order valence-corrected chi connectivity index (χ4v) is 5.88. The summed E-state index contributed by atoms with van der Waals surface area (Å²) in [5, 5.41) is 18.9. The molecule has 2 aliphatic carbocycles. The van der Waals surface area contributed by atoms with Crippen molar-refractivity contribution in [3.8, 4) is 5.69 Å². The highest BCUT2D eigenvalue weighted by Gasteiger charge is 2.54. The lowest BCUT2D eigenvalue weighted by atomic mass is 9.65. The van der Waals surface area contributed by atoms with E-state index in [1.165, 1.54) is 12.1 Å². The largest absolute Gasteiger partial charge is 0.393 e. The van der Waals surface area contributed by atoms with E-state index in [-0.39, 0.29) is 5.82 Å². The summed E-state index contributed by atoms with van der Waals surface area (Å²) < 4.78 is 53.9. The first-order valence-corrected chi connectivity index (χ1v) is 13.1. The van der Waals surface area contributed by atoms with Crippen molar-refractivity contribution in [2.24, 2.45) is 11.3 Å². The van der Waals surface area contributed by atoms with Gasteiger partial charge in [-0.2, -0.15) is 18.3 Å². The van der Waals surface area contributed by atoms with Gasteiger partial charge in [0.2, 0.25) is 0 Å². The molecule has 0 aliphatic heterocycles. The van der Waals surface area contributed by atoms with Crippen LogP contribution >= 0.6 is 0 Å². The number of nitrogens with one attached hydrogen (secondary N) is 1. The number of benzene rings is 2. The highest BCUT2D eigenvalue weighted by molar-refractivity contribution is 5.95.